The fraction of sp³-hybridized carbons (Fsp3) is 0.900. The van der Waals surface area contributed by atoms with Crippen LogP contribution < -0.4 is 0 Å². The quantitative estimate of drug-likeness (QED) is 0.509. The van der Waals surface area contributed by atoms with Gasteiger partial charge in [-0.3, -0.25) is 4.79 Å². The van der Waals surface area contributed by atoms with Crippen molar-refractivity contribution in [2.24, 2.45) is 0 Å². The van der Waals surface area contributed by atoms with Crippen LogP contribution >= 0.6 is 0 Å². The smallest absolute Gasteiger partial charge is 0.302 e. The Balaban J connectivity index is 0. The molecule has 0 aromatic carbocycles. The van der Waals surface area contributed by atoms with Gasteiger partial charge in [0.15, 0.2) is 6.29 Å². The van der Waals surface area contributed by atoms with E-state index in [1.807, 2.05) is 20.8 Å². The second-order valence-corrected chi connectivity index (χ2v) is 2.40. The van der Waals surface area contributed by atoms with E-state index in [0.29, 0.717) is 6.61 Å². The molecule has 0 atom stereocenters. The predicted octanol–water partition coefficient (Wildman–Crippen LogP) is 1.97. The van der Waals surface area contributed by atoms with E-state index >= 15 is 0 Å². The maximum Gasteiger partial charge on any atom is 0.302 e. The first-order valence-corrected chi connectivity index (χ1v) is 4.94. The standard InChI is InChI=1S/C6H14O2.C4H8O2/c1-4-7-6(3)8-5-2;1-3-6-4(2)5/h6H,4-5H2,1-3H3;3H2,1-2H3. The van der Waals surface area contributed by atoms with Crippen molar-refractivity contribution < 1.29 is 19.0 Å². The number of rotatable bonds is 5. The third kappa shape index (κ3) is 17.5. The Morgan fingerprint density at radius 1 is 1.07 bits per heavy atom. The molecule has 14 heavy (non-hydrogen) atoms. The van der Waals surface area contributed by atoms with E-state index in [4.69, 9.17) is 9.47 Å². The summed E-state index contributed by atoms with van der Waals surface area (Å²) in [5.74, 6) is -0.211. The minimum Gasteiger partial charge on any atom is -0.466 e. The molecule has 0 heterocycles. The van der Waals surface area contributed by atoms with E-state index < -0.39 is 0 Å². The molecule has 0 saturated heterocycles. The number of carbonyl (C=O) groups is 1. The first kappa shape index (κ1) is 15.8. The molecule has 0 radical (unpaired) electrons. The summed E-state index contributed by atoms with van der Waals surface area (Å²) < 4.78 is 14.5. The number of carbonyl (C=O) groups excluding carboxylic acids is 1. The van der Waals surface area contributed by atoms with E-state index in [-0.39, 0.29) is 12.3 Å². The molecule has 0 fully saturated rings. The highest BCUT2D eigenvalue weighted by atomic mass is 16.7. The van der Waals surface area contributed by atoms with Gasteiger partial charge < -0.3 is 14.2 Å². The second kappa shape index (κ2) is 12.4. The van der Waals surface area contributed by atoms with Gasteiger partial charge in [-0.2, -0.15) is 0 Å². The van der Waals surface area contributed by atoms with Crippen LogP contribution in [-0.4, -0.2) is 32.1 Å². The lowest BCUT2D eigenvalue weighted by Gasteiger charge is -2.09. The Morgan fingerprint density at radius 3 is 1.64 bits per heavy atom. The summed E-state index contributed by atoms with van der Waals surface area (Å²) in [6.07, 6.45) is -0.0370. The Labute approximate surface area is 86.5 Å². The van der Waals surface area contributed by atoms with E-state index in [9.17, 15) is 4.79 Å². The van der Waals surface area contributed by atoms with Crippen LogP contribution in [0.4, 0.5) is 0 Å². The highest BCUT2D eigenvalue weighted by Crippen LogP contribution is 1.90. The van der Waals surface area contributed by atoms with E-state index in [0.717, 1.165) is 13.2 Å². The van der Waals surface area contributed by atoms with Crippen LogP contribution in [0.1, 0.15) is 34.6 Å². The summed E-state index contributed by atoms with van der Waals surface area (Å²) in [4.78, 5) is 9.82. The minimum atomic E-state index is -0.211. The van der Waals surface area contributed by atoms with Crippen molar-refractivity contribution in [1.82, 2.24) is 0 Å². The van der Waals surface area contributed by atoms with Gasteiger partial charge >= 0.3 is 5.97 Å². The van der Waals surface area contributed by atoms with Crippen LogP contribution in [0.3, 0.4) is 0 Å². The largest absolute Gasteiger partial charge is 0.466 e. The monoisotopic (exact) mass is 206 g/mol. The Hall–Kier alpha value is -0.610. The lowest BCUT2D eigenvalue weighted by atomic mass is 10.7. The van der Waals surface area contributed by atoms with E-state index in [2.05, 4.69) is 4.74 Å². The van der Waals surface area contributed by atoms with Crippen molar-refractivity contribution in [3.8, 4) is 0 Å². The van der Waals surface area contributed by atoms with Gasteiger partial charge in [-0.1, -0.05) is 0 Å². The third-order valence-electron chi connectivity index (χ3n) is 1.15. The number of hydrogen-bond acceptors (Lipinski definition) is 4. The van der Waals surface area contributed by atoms with Crippen molar-refractivity contribution in [2.75, 3.05) is 19.8 Å². The van der Waals surface area contributed by atoms with Crippen molar-refractivity contribution in [3.63, 3.8) is 0 Å². The van der Waals surface area contributed by atoms with Gasteiger partial charge in [-0.25, -0.2) is 0 Å². The summed E-state index contributed by atoms with van der Waals surface area (Å²) in [7, 11) is 0. The molecule has 0 unspecified atom stereocenters. The predicted molar refractivity (Wildman–Crippen MR) is 55.0 cm³/mol. The first-order chi connectivity index (χ1) is 6.58. The fourth-order valence-electron chi connectivity index (χ4n) is 0.721. The Bertz CT molecular complexity index is 119. The van der Waals surface area contributed by atoms with Crippen LogP contribution in [0, 0.1) is 0 Å². The summed E-state index contributed by atoms with van der Waals surface area (Å²) in [6.45, 7) is 10.9. The minimum absolute atomic E-state index is 0.0370. The van der Waals surface area contributed by atoms with Gasteiger partial charge in [-0.15, -0.1) is 0 Å². The molecule has 0 aromatic rings. The number of ether oxygens (including phenoxy) is 3. The van der Waals surface area contributed by atoms with Crippen LogP contribution in [0.15, 0.2) is 0 Å². The van der Waals surface area contributed by atoms with Gasteiger partial charge in [0.05, 0.1) is 6.61 Å². The molecule has 0 aliphatic rings. The summed E-state index contributed by atoms with van der Waals surface area (Å²) in [6, 6.07) is 0. The fourth-order valence-corrected chi connectivity index (χ4v) is 0.721. The highest BCUT2D eigenvalue weighted by Gasteiger charge is 1.94. The summed E-state index contributed by atoms with van der Waals surface area (Å²) in [5, 5.41) is 0. The highest BCUT2D eigenvalue weighted by molar-refractivity contribution is 5.65. The zero-order chi connectivity index (χ0) is 11.4. The maximum absolute atomic E-state index is 9.82. The van der Waals surface area contributed by atoms with E-state index in [1.165, 1.54) is 6.92 Å². The maximum atomic E-state index is 9.82. The van der Waals surface area contributed by atoms with Crippen LogP contribution in [0.5, 0.6) is 0 Å². The lowest BCUT2D eigenvalue weighted by Crippen LogP contribution is -2.11. The van der Waals surface area contributed by atoms with Gasteiger partial charge in [0.25, 0.3) is 0 Å². The van der Waals surface area contributed by atoms with Gasteiger partial charge in [0.1, 0.15) is 0 Å². The molecule has 0 N–H and O–H groups in total. The van der Waals surface area contributed by atoms with Gasteiger partial charge in [-0.05, 0) is 27.7 Å². The molecule has 0 amide bonds. The zero-order valence-electron chi connectivity index (χ0n) is 9.83. The van der Waals surface area contributed by atoms with Crippen LogP contribution in [-0.2, 0) is 19.0 Å². The van der Waals surface area contributed by atoms with Crippen molar-refractivity contribution in [2.45, 2.75) is 40.9 Å². The normalized spacial score (nSPS) is 9.29. The lowest BCUT2D eigenvalue weighted by molar-refractivity contribution is -0.140. The number of hydrogen-bond donors (Lipinski definition) is 0. The molecule has 0 bridgehead atoms. The molecule has 0 aliphatic carbocycles. The third-order valence-corrected chi connectivity index (χ3v) is 1.15. The molecule has 0 rings (SSSR count). The molecular weight excluding hydrogens is 184 g/mol. The van der Waals surface area contributed by atoms with Crippen LogP contribution in [0.2, 0.25) is 0 Å². The average Bonchev–Trinajstić information content (AvgIpc) is 2.05. The van der Waals surface area contributed by atoms with Crippen molar-refractivity contribution in [1.29, 1.82) is 0 Å². The van der Waals surface area contributed by atoms with E-state index in [1.54, 1.807) is 6.92 Å². The molecule has 86 valence electrons. The molecule has 0 saturated carbocycles. The summed E-state index contributed by atoms with van der Waals surface area (Å²) >= 11 is 0. The molecule has 4 heteroatoms. The first-order valence-electron chi connectivity index (χ1n) is 4.94. The summed E-state index contributed by atoms with van der Waals surface area (Å²) in [5.41, 5.74) is 0. The molecular formula is C10H22O4. The topological polar surface area (TPSA) is 44.8 Å². The molecule has 0 spiro atoms. The van der Waals surface area contributed by atoms with Crippen molar-refractivity contribution in [3.05, 3.63) is 0 Å². The van der Waals surface area contributed by atoms with Crippen molar-refractivity contribution >= 4 is 5.97 Å². The van der Waals surface area contributed by atoms with Gasteiger partial charge in [0.2, 0.25) is 0 Å². The molecule has 0 aromatic heterocycles. The molecule has 0 aliphatic heterocycles. The zero-order valence-corrected chi connectivity index (χ0v) is 9.83. The second-order valence-electron chi connectivity index (χ2n) is 2.40. The van der Waals surface area contributed by atoms with Gasteiger partial charge in [0, 0.05) is 20.1 Å². The average molecular weight is 206 g/mol. The Morgan fingerprint density at radius 2 is 1.50 bits per heavy atom. The number of esters is 1. The molecule has 4 nitrogen and oxygen atoms in total. The van der Waals surface area contributed by atoms with Crippen LogP contribution in [0.25, 0.3) is 0 Å². The Kier molecular flexibility index (Phi) is 14.0. The SMILES string of the molecule is CCOC(C)=O.CCOC(C)OCC.